The van der Waals surface area contributed by atoms with Gasteiger partial charge in [0.15, 0.2) is 5.13 Å². The van der Waals surface area contributed by atoms with Gasteiger partial charge in [-0.2, -0.15) is 0 Å². The first-order valence-corrected chi connectivity index (χ1v) is 12.9. The Bertz CT molecular complexity index is 974. The lowest BCUT2D eigenvalue weighted by atomic mass is 9.78. The zero-order chi connectivity index (χ0) is 21.6. The van der Waals surface area contributed by atoms with E-state index in [1.165, 1.54) is 46.7 Å². The van der Waals surface area contributed by atoms with Gasteiger partial charge in [-0.05, 0) is 55.7 Å². The van der Waals surface area contributed by atoms with Gasteiger partial charge in [0.2, 0.25) is 0 Å². The van der Waals surface area contributed by atoms with Crippen LogP contribution in [0, 0.1) is 0 Å². The maximum atomic E-state index is 11.2. The fourth-order valence-corrected chi connectivity index (χ4v) is 6.32. The number of carboxylic acids is 1. The van der Waals surface area contributed by atoms with E-state index in [0.29, 0.717) is 18.4 Å². The van der Waals surface area contributed by atoms with Crippen LogP contribution < -0.4 is 4.90 Å². The molecule has 0 amide bonds. The Kier molecular flexibility index (Phi) is 7.41. The second kappa shape index (κ2) is 10.4. The van der Waals surface area contributed by atoms with Crippen molar-refractivity contribution in [2.45, 2.75) is 63.8 Å². The van der Waals surface area contributed by atoms with E-state index >= 15 is 0 Å². The van der Waals surface area contributed by atoms with Gasteiger partial charge >= 0.3 is 5.97 Å². The number of aryl methyl sites for hydroxylation is 1. The van der Waals surface area contributed by atoms with Crippen molar-refractivity contribution in [3.8, 4) is 0 Å². The molecule has 1 N–H and O–H groups in total. The minimum atomic E-state index is -0.763. The van der Waals surface area contributed by atoms with Gasteiger partial charge in [-0.15, -0.1) is 22.7 Å². The highest BCUT2D eigenvalue weighted by molar-refractivity contribution is 7.14. The molecule has 0 bridgehead atoms. The van der Waals surface area contributed by atoms with Gasteiger partial charge in [0, 0.05) is 27.6 Å². The summed E-state index contributed by atoms with van der Waals surface area (Å²) in [7, 11) is 0. The molecule has 3 aromatic rings. The van der Waals surface area contributed by atoms with Crippen LogP contribution in [0.2, 0.25) is 0 Å². The van der Waals surface area contributed by atoms with Gasteiger partial charge in [0.1, 0.15) is 0 Å². The molecule has 1 aliphatic carbocycles. The molecular formula is C25H30N2O2S2. The van der Waals surface area contributed by atoms with Crippen LogP contribution >= 0.6 is 22.7 Å². The number of aliphatic carboxylic acids is 1. The maximum absolute atomic E-state index is 11.2. The predicted molar refractivity (Wildman–Crippen MR) is 130 cm³/mol. The number of aromatic nitrogens is 1. The number of hydrogen-bond donors (Lipinski definition) is 1. The molecule has 4 rings (SSSR count). The molecule has 0 saturated heterocycles. The summed E-state index contributed by atoms with van der Waals surface area (Å²) >= 11 is 3.47. The number of hydrogen-bond acceptors (Lipinski definition) is 5. The van der Waals surface area contributed by atoms with Crippen LogP contribution in [0.4, 0.5) is 5.13 Å². The molecular weight excluding hydrogens is 424 g/mol. The van der Waals surface area contributed by atoms with E-state index in [1.807, 2.05) is 11.3 Å². The Morgan fingerprint density at radius 1 is 1.06 bits per heavy atom. The average Bonchev–Trinajstić information content (AvgIpc) is 3.47. The minimum absolute atomic E-state index is 0.128. The molecule has 0 unspecified atom stereocenters. The lowest BCUT2D eigenvalue weighted by Gasteiger charge is -2.28. The van der Waals surface area contributed by atoms with Gasteiger partial charge in [0.05, 0.1) is 18.7 Å². The monoisotopic (exact) mass is 454 g/mol. The van der Waals surface area contributed by atoms with Crippen molar-refractivity contribution < 1.29 is 9.90 Å². The number of benzene rings is 1. The van der Waals surface area contributed by atoms with Crippen LogP contribution in [0.1, 0.15) is 71.9 Å². The quantitative estimate of drug-likeness (QED) is 0.391. The molecule has 0 atom stereocenters. The molecule has 2 aromatic heterocycles. The van der Waals surface area contributed by atoms with E-state index in [4.69, 9.17) is 4.98 Å². The smallest absolute Gasteiger partial charge is 0.305 e. The minimum Gasteiger partial charge on any atom is -0.481 e. The summed E-state index contributed by atoms with van der Waals surface area (Å²) in [6.45, 7) is 3.38. The van der Waals surface area contributed by atoms with E-state index in [2.05, 4.69) is 59.7 Å². The number of nitrogens with zero attached hydrogens (tertiary/aromatic N) is 2. The molecule has 1 aliphatic rings. The third-order valence-corrected chi connectivity index (χ3v) is 8.34. The highest BCUT2D eigenvalue weighted by atomic mass is 32.1. The van der Waals surface area contributed by atoms with Crippen molar-refractivity contribution >= 4 is 33.8 Å². The fourth-order valence-electron chi connectivity index (χ4n) is 4.42. The summed E-state index contributed by atoms with van der Waals surface area (Å²) in [6, 6.07) is 15.2. The number of rotatable bonds is 9. The summed E-state index contributed by atoms with van der Waals surface area (Å²) in [4.78, 5) is 21.0. The largest absolute Gasteiger partial charge is 0.481 e. The summed E-state index contributed by atoms with van der Waals surface area (Å²) < 4.78 is 0. The van der Waals surface area contributed by atoms with Crippen LogP contribution in [0.25, 0.3) is 0 Å². The normalized spacial score (nSPS) is 18.7. The first-order chi connectivity index (χ1) is 15.1. The zero-order valence-corrected chi connectivity index (χ0v) is 19.6. The Morgan fingerprint density at radius 2 is 1.77 bits per heavy atom. The maximum Gasteiger partial charge on any atom is 0.305 e. The number of carboxylic acid groups (broad SMARTS) is 1. The van der Waals surface area contributed by atoms with E-state index in [1.54, 1.807) is 11.3 Å². The van der Waals surface area contributed by atoms with Crippen LogP contribution in [0.15, 0.2) is 47.8 Å². The van der Waals surface area contributed by atoms with Gasteiger partial charge in [-0.25, -0.2) is 4.98 Å². The van der Waals surface area contributed by atoms with Gasteiger partial charge in [-0.1, -0.05) is 37.3 Å². The van der Waals surface area contributed by atoms with Gasteiger partial charge < -0.3 is 10.0 Å². The molecule has 1 aromatic carbocycles. The van der Waals surface area contributed by atoms with Crippen molar-refractivity contribution in [3.63, 3.8) is 0 Å². The third kappa shape index (κ3) is 5.74. The van der Waals surface area contributed by atoms with Crippen molar-refractivity contribution in [1.29, 1.82) is 0 Å². The molecule has 0 aliphatic heterocycles. The summed E-state index contributed by atoms with van der Waals surface area (Å²) in [5.74, 6) is 0.412. The van der Waals surface area contributed by atoms with E-state index < -0.39 is 5.97 Å². The third-order valence-electron chi connectivity index (χ3n) is 6.20. The molecule has 2 heterocycles. The number of anilines is 1. The highest BCUT2D eigenvalue weighted by Crippen LogP contribution is 2.41. The fraction of sp³-hybridized carbons (Fsp3) is 0.440. The summed E-state index contributed by atoms with van der Waals surface area (Å²) in [5.41, 5.74) is 2.65. The van der Waals surface area contributed by atoms with Crippen LogP contribution in [0.3, 0.4) is 0 Å². The van der Waals surface area contributed by atoms with Crippen LogP contribution in [0.5, 0.6) is 0 Å². The predicted octanol–water partition coefficient (Wildman–Crippen LogP) is 6.69. The Hall–Kier alpha value is -2.18. The van der Waals surface area contributed by atoms with E-state index in [-0.39, 0.29) is 6.42 Å². The molecule has 6 heteroatoms. The second-order valence-electron chi connectivity index (χ2n) is 8.30. The van der Waals surface area contributed by atoms with Gasteiger partial charge in [0.25, 0.3) is 0 Å². The van der Waals surface area contributed by atoms with E-state index in [0.717, 1.165) is 18.1 Å². The Balaban J connectivity index is 1.42. The van der Waals surface area contributed by atoms with Gasteiger partial charge in [-0.3, -0.25) is 4.79 Å². The van der Waals surface area contributed by atoms with E-state index in [9.17, 15) is 9.90 Å². The standard InChI is InChI=1S/C25H30N2O2S2/c1-2-21-12-13-22(31-21)16-27(15-14-24(28)29)25-26-23(17-30-25)20-10-8-19(9-11-20)18-6-4-3-5-7-18/h3-7,12-13,17,19-20H,2,8-11,14-16H2,1H3,(H,28,29). The summed E-state index contributed by atoms with van der Waals surface area (Å²) in [5, 5.41) is 12.4. The molecule has 164 valence electrons. The first-order valence-electron chi connectivity index (χ1n) is 11.2. The van der Waals surface area contributed by atoms with Crippen molar-refractivity contribution in [2.75, 3.05) is 11.4 Å². The van der Waals surface area contributed by atoms with Crippen LogP contribution in [-0.2, 0) is 17.8 Å². The lowest BCUT2D eigenvalue weighted by Crippen LogP contribution is -2.25. The number of carbonyl (C=O) groups is 1. The zero-order valence-electron chi connectivity index (χ0n) is 18.0. The second-order valence-corrected chi connectivity index (χ2v) is 10.4. The summed E-state index contributed by atoms with van der Waals surface area (Å²) in [6.07, 6.45) is 5.92. The molecule has 1 saturated carbocycles. The molecule has 31 heavy (non-hydrogen) atoms. The Morgan fingerprint density at radius 3 is 2.45 bits per heavy atom. The number of thiazole rings is 1. The van der Waals surface area contributed by atoms with Crippen molar-refractivity contribution in [3.05, 3.63) is 68.9 Å². The highest BCUT2D eigenvalue weighted by Gasteiger charge is 2.26. The lowest BCUT2D eigenvalue weighted by molar-refractivity contribution is -0.136. The SMILES string of the molecule is CCc1ccc(CN(CCC(=O)O)c2nc(C3CCC(c4ccccc4)CC3)cs2)s1. The molecule has 1 fully saturated rings. The van der Waals surface area contributed by atoms with Crippen LogP contribution in [-0.4, -0.2) is 22.6 Å². The van der Waals surface area contributed by atoms with Crippen molar-refractivity contribution in [2.24, 2.45) is 0 Å². The number of thiophene rings is 1. The first kappa shape index (κ1) is 22.0. The average molecular weight is 455 g/mol. The molecule has 0 spiro atoms. The molecule has 0 radical (unpaired) electrons. The van der Waals surface area contributed by atoms with Crippen molar-refractivity contribution in [1.82, 2.24) is 4.98 Å². The topological polar surface area (TPSA) is 53.4 Å². The molecule has 4 nitrogen and oxygen atoms in total. The Labute approximate surface area is 192 Å².